The highest BCUT2D eigenvalue weighted by atomic mass is 32.2. The van der Waals surface area contributed by atoms with Crippen molar-refractivity contribution in [3.05, 3.63) is 29.3 Å². The molecule has 1 heterocycles. The molecule has 1 aromatic rings. The van der Waals surface area contributed by atoms with Crippen LogP contribution in [0.15, 0.2) is 23.1 Å². The first-order valence-corrected chi connectivity index (χ1v) is 7.95. The molecule has 1 aromatic carbocycles. The lowest BCUT2D eigenvalue weighted by Crippen LogP contribution is -2.17. The van der Waals surface area contributed by atoms with E-state index in [2.05, 4.69) is 5.32 Å². The maximum absolute atomic E-state index is 11.5. The minimum Gasteiger partial charge on any atom is -0.481 e. The summed E-state index contributed by atoms with van der Waals surface area (Å²) in [6.07, 6.45) is 1.72. The van der Waals surface area contributed by atoms with Gasteiger partial charge >= 0.3 is 5.97 Å². The Labute approximate surface area is 112 Å². The third kappa shape index (κ3) is 2.96. The fourth-order valence-corrected chi connectivity index (χ4v) is 3.44. The summed E-state index contributed by atoms with van der Waals surface area (Å²) in [6, 6.07) is 5.15. The smallest absolute Gasteiger partial charge is 0.307 e. The number of benzene rings is 1. The second-order valence-electron chi connectivity index (χ2n) is 5.03. The molecule has 5 nitrogen and oxygen atoms in total. The summed E-state index contributed by atoms with van der Waals surface area (Å²) in [5.41, 5.74) is 1.63. The predicted molar refractivity (Wildman–Crippen MR) is 70.8 cm³/mol. The minimum atomic E-state index is -3.21. The first-order chi connectivity index (χ1) is 8.79. The number of aryl methyl sites for hydroxylation is 1. The van der Waals surface area contributed by atoms with Gasteiger partial charge < -0.3 is 10.4 Å². The van der Waals surface area contributed by atoms with Crippen molar-refractivity contribution in [2.45, 2.75) is 24.3 Å². The molecule has 1 aliphatic rings. The average molecular weight is 283 g/mol. The molecule has 2 atom stereocenters. The quantitative estimate of drug-likeness (QED) is 0.869. The number of aliphatic carboxylic acids is 1. The zero-order chi connectivity index (χ0) is 14.2. The first kappa shape index (κ1) is 14.0. The van der Waals surface area contributed by atoms with Gasteiger partial charge in [-0.15, -0.1) is 0 Å². The van der Waals surface area contributed by atoms with Gasteiger partial charge in [-0.05, 0) is 30.5 Å². The van der Waals surface area contributed by atoms with Crippen LogP contribution in [-0.4, -0.2) is 32.3 Å². The largest absolute Gasteiger partial charge is 0.481 e. The minimum absolute atomic E-state index is 0.0200. The van der Waals surface area contributed by atoms with Crippen LogP contribution in [0.1, 0.15) is 23.6 Å². The van der Waals surface area contributed by atoms with E-state index in [4.69, 9.17) is 5.11 Å². The van der Waals surface area contributed by atoms with Crippen molar-refractivity contribution in [1.82, 2.24) is 5.32 Å². The van der Waals surface area contributed by atoms with Gasteiger partial charge in [-0.2, -0.15) is 0 Å². The Hall–Kier alpha value is -1.40. The van der Waals surface area contributed by atoms with Gasteiger partial charge in [-0.1, -0.05) is 12.1 Å². The summed E-state index contributed by atoms with van der Waals surface area (Å²) in [4.78, 5) is 11.2. The van der Waals surface area contributed by atoms with Crippen LogP contribution in [0.4, 0.5) is 0 Å². The number of carboxylic acids is 1. The zero-order valence-electron chi connectivity index (χ0n) is 10.9. The molecule has 0 bridgehead atoms. The number of nitrogens with one attached hydrogen (secondary N) is 1. The number of rotatable bonds is 3. The SMILES string of the molecule is Cc1cc(C2CC(C(=O)O)CN2)ccc1S(C)(=O)=O. The molecule has 1 saturated heterocycles. The topological polar surface area (TPSA) is 83.5 Å². The summed E-state index contributed by atoms with van der Waals surface area (Å²) >= 11 is 0. The van der Waals surface area contributed by atoms with Crippen LogP contribution in [0.25, 0.3) is 0 Å². The Bertz CT molecular complexity index is 609. The maximum atomic E-state index is 11.5. The predicted octanol–water partition coefficient (Wildman–Crippen LogP) is 1.13. The summed E-state index contributed by atoms with van der Waals surface area (Å²) in [5, 5.41) is 12.1. The summed E-state index contributed by atoms with van der Waals surface area (Å²) in [7, 11) is -3.21. The lowest BCUT2D eigenvalue weighted by atomic mass is 9.99. The number of carboxylic acid groups (broad SMARTS) is 1. The summed E-state index contributed by atoms with van der Waals surface area (Å²) in [6.45, 7) is 2.20. The highest BCUT2D eigenvalue weighted by Gasteiger charge is 2.30. The molecule has 2 unspecified atom stereocenters. The van der Waals surface area contributed by atoms with Crippen LogP contribution in [0, 0.1) is 12.8 Å². The fourth-order valence-electron chi connectivity index (χ4n) is 2.48. The summed E-state index contributed by atoms with van der Waals surface area (Å²) < 4.78 is 23.1. The Morgan fingerprint density at radius 1 is 1.42 bits per heavy atom. The van der Waals surface area contributed by atoms with Crippen LogP contribution >= 0.6 is 0 Å². The lowest BCUT2D eigenvalue weighted by molar-refractivity contribution is -0.141. The Balaban J connectivity index is 2.25. The number of hydrogen-bond acceptors (Lipinski definition) is 4. The molecule has 19 heavy (non-hydrogen) atoms. The molecule has 0 aliphatic carbocycles. The highest BCUT2D eigenvalue weighted by molar-refractivity contribution is 7.90. The molecule has 1 fully saturated rings. The van der Waals surface area contributed by atoms with Gasteiger partial charge in [0.05, 0.1) is 10.8 Å². The van der Waals surface area contributed by atoms with Crippen LogP contribution < -0.4 is 5.32 Å². The van der Waals surface area contributed by atoms with E-state index in [0.29, 0.717) is 23.4 Å². The van der Waals surface area contributed by atoms with Gasteiger partial charge in [0.1, 0.15) is 0 Å². The van der Waals surface area contributed by atoms with Crippen molar-refractivity contribution in [3.63, 3.8) is 0 Å². The van der Waals surface area contributed by atoms with Crippen LogP contribution in [-0.2, 0) is 14.6 Å². The van der Waals surface area contributed by atoms with E-state index in [1.165, 1.54) is 6.26 Å². The molecule has 1 aliphatic heterocycles. The van der Waals surface area contributed by atoms with Crippen molar-refractivity contribution in [2.75, 3.05) is 12.8 Å². The van der Waals surface area contributed by atoms with Gasteiger partial charge in [-0.25, -0.2) is 8.42 Å². The monoisotopic (exact) mass is 283 g/mol. The normalized spacial score (nSPS) is 23.5. The van der Waals surface area contributed by atoms with E-state index < -0.39 is 15.8 Å². The first-order valence-electron chi connectivity index (χ1n) is 6.06. The van der Waals surface area contributed by atoms with Crippen LogP contribution in [0.3, 0.4) is 0 Å². The van der Waals surface area contributed by atoms with Crippen LogP contribution in [0.2, 0.25) is 0 Å². The Morgan fingerprint density at radius 2 is 2.11 bits per heavy atom. The van der Waals surface area contributed by atoms with E-state index in [-0.39, 0.29) is 12.0 Å². The van der Waals surface area contributed by atoms with Gasteiger partial charge in [0.2, 0.25) is 0 Å². The second kappa shape index (κ2) is 4.94. The standard InChI is InChI=1S/C13H17NO4S/c1-8-5-9(3-4-12(8)19(2,17)18)11-6-10(7-14-11)13(15)16/h3-5,10-11,14H,6-7H2,1-2H3,(H,15,16). The number of hydrogen-bond donors (Lipinski definition) is 2. The molecule has 0 amide bonds. The highest BCUT2D eigenvalue weighted by Crippen LogP contribution is 2.29. The van der Waals surface area contributed by atoms with E-state index in [1.54, 1.807) is 19.1 Å². The van der Waals surface area contributed by atoms with Crippen molar-refractivity contribution in [1.29, 1.82) is 0 Å². The number of carbonyl (C=O) groups is 1. The molecule has 0 spiro atoms. The molecule has 2 N–H and O–H groups in total. The average Bonchev–Trinajstić information content (AvgIpc) is 2.76. The van der Waals surface area contributed by atoms with Gasteiger partial charge in [0.15, 0.2) is 9.84 Å². The summed E-state index contributed by atoms with van der Waals surface area (Å²) in [5.74, 6) is -1.17. The molecule has 2 rings (SSSR count). The fraction of sp³-hybridized carbons (Fsp3) is 0.462. The third-order valence-electron chi connectivity index (χ3n) is 3.48. The van der Waals surface area contributed by atoms with Crippen molar-refractivity contribution in [3.8, 4) is 0 Å². The van der Waals surface area contributed by atoms with Gasteiger partial charge in [-0.3, -0.25) is 4.79 Å². The third-order valence-corrected chi connectivity index (χ3v) is 4.74. The molecule has 0 aromatic heterocycles. The molecular weight excluding hydrogens is 266 g/mol. The molecule has 0 saturated carbocycles. The Kier molecular flexibility index (Phi) is 3.64. The molecule has 0 radical (unpaired) electrons. The number of sulfone groups is 1. The van der Waals surface area contributed by atoms with Crippen molar-refractivity contribution >= 4 is 15.8 Å². The van der Waals surface area contributed by atoms with E-state index in [9.17, 15) is 13.2 Å². The molecule has 6 heteroatoms. The van der Waals surface area contributed by atoms with Crippen LogP contribution in [0.5, 0.6) is 0 Å². The lowest BCUT2D eigenvalue weighted by Gasteiger charge is -2.13. The van der Waals surface area contributed by atoms with Crippen molar-refractivity contribution in [2.24, 2.45) is 5.92 Å². The Morgan fingerprint density at radius 3 is 2.58 bits per heavy atom. The van der Waals surface area contributed by atoms with Gasteiger partial charge in [0.25, 0.3) is 0 Å². The van der Waals surface area contributed by atoms with Crippen molar-refractivity contribution < 1.29 is 18.3 Å². The molecular formula is C13H17NO4S. The maximum Gasteiger partial charge on any atom is 0.307 e. The van der Waals surface area contributed by atoms with E-state index in [0.717, 1.165) is 5.56 Å². The molecule has 104 valence electrons. The van der Waals surface area contributed by atoms with Gasteiger partial charge in [0, 0.05) is 18.8 Å². The zero-order valence-corrected chi connectivity index (χ0v) is 11.7. The van der Waals surface area contributed by atoms with E-state index in [1.807, 2.05) is 6.07 Å². The van der Waals surface area contributed by atoms with E-state index >= 15 is 0 Å². The second-order valence-corrected chi connectivity index (χ2v) is 7.01.